The van der Waals surface area contributed by atoms with E-state index in [9.17, 15) is 4.79 Å². The number of hydrogen-bond donors (Lipinski definition) is 2. The van der Waals surface area contributed by atoms with Crippen LogP contribution in [0.2, 0.25) is 0 Å². The number of aromatic amines is 1. The molecule has 3 saturated heterocycles. The Bertz CT molecular complexity index is 765. The summed E-state index contributed by atoms with van der Waals surface area (Å²) >= 11 is 0. The molecule has 4 heterocycles. The molecule has 2 aromatic rings. The predicted molar refractivity (Wildman–Crippen MR) is 84.4 cm³/mol. The highest BCUT2D eigenvalue weighted by Crippen LogP contribution is 2.28. The average molecular weight is 294 g/mol. The number of fused-ring (bicyclic) bond motifs is 4. The Balaban J connectivity index is 1.57. The first-order chi connectivity index (χ1) is 10.7. The van der Waals surface area contributed by atoms with Crippen molar-refractivity contribution < 1.29 is 4.79 Å². The fraction of sp³-hybridized carbons (Fsp3) is 0.412. The van der Waals surface area contributed by atoms with Crippen molar-refractivity contribution in [2.24, 2.45) is 5.92 Å². The first kappa shape index (κ1) is 13.4. The van der Waals surface area contributed by atoms with Gasteiger partial charge in [-0.2, -0.15) is 5.10 Å². The van der Waals surface area contributed by atoms with E-state index in [1.807, 2.05) is 18.2 Å². The maximum absolute atomic E-state index is 12.6. The highest BCUT2D eigenvalue weighted by Gasteiger charge is 2.35. The van der Waals surface area contributed by atoms with Crippen LogP contribution in [0.5, 0.6) is 0 Å². The quantitative estimate of drug-likeness (QED) is 0.822. The Kier molecular flexibility index (Phi) is 3.12. The number of terminal acetylenes is 1. The van der Waals surface area contributed by atoms with E-state index in [4.69, 9.17) is 6.42 Å². The highest BCUT2D eigenvalue weighted by molar-refractivity contribution is 6.05. The Labute approximate surface area is 129 Å². The van der Waals surface area contributed by atoms with Gasteiger partial charge in [0.25, 0.3) is 5.91 Å². The molecule has 1 amide bonds. The molecule has 22 heavy (non-hydrogen) atoms. The fourth-order valence-electron chi connectivity index (χ4n) is 3.65. The van der Waals surface area contributed by atoms with Crippen LogP contribution in [0.1, 0.15) is 28.9 Å². The van der Waals surface area contributed by atoms with E-state index >= 15 is 0 Å². The van der Waals surface area contributed by atoms with Gasteiger partial charge in [0.15, 0.2) is 5.69 Å². The van der Waals surface area contributed by atoms with Gasteiger partial charge in [0.2, 0.25) is 0 Å². The van der Waals surface area contributed by atoms with Gasteiger partial charge >= 0.3 is 0 Å². The SMILES string of the molecule is C#Cc1ccc2c(C(=O)N[C@@H]3CN4CCC3CC4)n[nH]c2c1. The smallest absolute Gasteiger partial charge is 0.272 e. The van der Waals surface area contributed by atoms with Crippen molar-refractivity contribution in [2.75, 3.05) is 19.6 Å². The minimum Gasteiger partial charge on any atom is -0.346 e. The summed E-state index contributed by atoms with van der Waals surface area (Å²) in [5, 5.41) is 11.1. The Morgan fingerprint density at radius 3 is 2.91 bits per heavy atom. The Morgan fingerprint density at radius 1 is 1.41 bits per heavy atom. The van der Waals surface area contributed by atoms with Crippen LogP contribution in [0.15, 0.2) is 18.2 Å². The molecule has 1 aromatic heterocycles. The first-order valence-electron chi connectivity index (χ1n) is 7.72. The van der Waals surface area contributed by atoms with E-state index < -0.39 is 0 Å². The monoisotopic (exact) mass is 294 g/mol. The lowest BCUT2D eigenvalue weighted by Crippen LogP contribution is -2.57. The summed E-state index contributed by atoms with van der Waals surface area (Å²) in [6.07, 6.45) is 7.75. The van der Waals surface area contributed by atoms with E-state index in [-0.39, 0.29) is 11.9 Å². The van der Waals surface area contributed by atoms with Crippen molar-refractivity contribution in [2.45, 2.75) is 18.9 Å². The van der Waals surface area contributed by atoms with Crippen molar-refractivity contribution in [1.82, 2.24) is 20.4 Å². The second-order valence-electron chi connectivity index (χ2n) is 6.19. The molecule has 2 N–H and O–H groups in total. The molecule has 0 spiro atoms. The van der Waals surface area contributed by atoms with Crippen molar-refractivity contribution in [1.29, 1.82) is 0 Å². The number of carbonyl (C=O) groups is 1. The molecule has 5 rings (SSSR count). The molecular formula is C17H18N4O. The molecule has 3 fully saturated rings. The topological polar surface area (TPSA) is 61.0 Å². The van der Waals surface area contributed by atoms with Crippen LogP contribution >= 0.6 is 0 Å². The third-order valence-electron chi connectivity index (χ3n) is 4.92. The molecule has 0 aliphatic carbocycles. The molecule has 112 valence electrons. The van der Waals surface area contributed by atoms with Gasteiger partial charge < -0.3 is 10.2 Å². The molecule has 0 saturated carbocycles. The Morgan fingerprint density at radius 2 is 2.23 bits per heavy atom. The molecule has 0 unspecified atom stereocenters. The number of carbonyl (C=O) groups excluding carboxylic acids is 1. The summed E-state index contributed by atoms with van der Waals surface area (Å²) in [7, 11) is 0. The normalized spacial score (nSPS) is 26.8. The number of benzene rings is 1. The minimum absolute atomic E-state index is 0.0987. The van der Waals surface area contributed by atoms with Gasteiger partial charge in [-0.3, -0.25) is 9.89 Å². The van der Waals surface area contributed by atoms with Crippen LogP contribution in [-0.2, 0) is 0 Å². The summed E-state index contributed by atoms with van der Waals surface area (Å²) in [5.41, 5.74) is 2.03. The molecule has 3 aliphatic rings. The summed E-state index contributed by atoms with van der Waals surface area (Å²) in [5.74, 6) is 3.09. The number of nitrogens with zero attached hydrogens (tertiary/aromatic N) is 2. The molecule has 0 radical (unpaired) electrons. The molecule has 1 aromatic carbocycles. The zero-order valence-corrected chi connectivity index (χ0v) is 12.3. The van der Waals surface area contributed by atoms with E-state index in [1.54, 1.807) is 0 Å². The van der Waals surface area contributed by atoms with Crippen LogP contribution in [0, 0.1) is 18.3 Å². The number of piperidine rings is 3. The van der Waals surface area contributed by atoms with E-state index in [2.05, 4.69) is 26.3 Å². The lowest BCUT2D eigenvalue weighted by Gasteiger charge is -2.44. The number of rotatable bonds is 2. The number of H-pyrrole nitrogens is 1. The van der Waals surface area contributed by atoms with Crippen LogP contribution in [0.4, 0.5) is 0 Å². The first-order valence-corrected chi connectivity index (χ1v) is 7.72. The second-order valence-corrected chi connectivity index (χ2v) is 6.19. The zero-order valence-electron chi connectivity index (χ0n) is 12.3. The maximum atomic E-state index is 12.6. The van der Waals surface area contributed by atoms with Crippen LogP contribution < -0.4 is 5.32 Å². The van der Waals surface area contributed by atoms with Crippen molar-refractivity contribution in [3.8, 4) is 12.3 Å². The van der Waals surface area contributed by atoms with Crippen LogP contribution in [-0.4, -0.2) is 46.7 Å². The number of hydrogen-bond acceptors (Lipinski definition) is 3. The lowest BCUT2D eigenvalue weighted by molar-refractivity contribution is 0.0618. The molecule has 3 aliphatic heterocycles. The molecule has 2 bridgehead atoms. The van der Waals surface area contributed by atoms with Gasteiger partial charge in [-0.15, -0.1) is 6.42 Å². The number of nitrogens with one attached hydrogen (secondary N) is 2. The van der Waals surface area contributed by atoms with Crippen molar-refractivity contribution >= 4 is 16.8 Å². The van der Waals surface area contributed by atoms with E-state index in [0.29, 0.717) is 11.6 Å². The second kappa shape index (κ2) is 5.15. The fourth-order valence-corrected chi connectivity index (χ4v) is 3.65. The van der Waals surface area contributed by atoms with E-state index in [1.165, 1.54) is 12.8 Å². The largest absolute Gasteiger partial charge is 0.346 e. The maximum Gasteiger partial charge on any atom is 0.272 e. The zero-order chi connectivity index (χ0) is 15.1. The predicted octanol–water partition coefficient (Wildman–Crippen LogP) is 1.37. The van der Waals surface area contributed by atoms with Gasteiger partial charge in [0.1, 0.15) is 0 Å². The van der Waals surface area contributed by atoms with Gasteiger partial charge in [0, 0.05) is 23.5 Å². The third kappa shape index (κ3) is 2.16. The molecular weight excluding hydrogens is 276 g/mol. The average Bonchev–Trinajstić information content (AvgIpc) is 2.99. The van der Waals surface area contributed by atoms with Gasteiger partial charge in [0.05, 0.1) is 5.52 Å². The van der Waals surface area contributed by atoms with Crippen LogP contribution in [0.3, 0.4) is 0 Å². The van der Waals surface area contributed by atoms with E-state index in [0.717, 1.165) is 36.1 Å². The highest BCUT2D eigenvalue weighted by atomic mass is 16.2. The lowest BCUT2D eigenvalue weighted by atomic mass is 9.84. The van der Waals surface area contributed by atoms with Gasteiger partial charge in [-0.25, -0.2) is 0 Å². The van der Waals surface area contributed by atoms with Crippen LogP contribution in [0.25, 0.3) is 10.9 Å². The summed E-state index contributed by atoms with van der Waals surface area (Å²) in [6, 6.07) is 5.78. The number of aromatic nitrogens is 2. The minimum atomic E-state index is -0.0987. The molecule has 5 heteroatoms. The van der Waals surface area contributed by atoms with Crippen molar-refractivity contribution in [3.63, 3.8) is 0 Å². The van der Waals surface area contributed by atoms with Gasteiger partial charge in [-0.05, 0) is 50.0 Å². The number of amides is 1. The van der Waals surface area contributed by atoms with Gasteiger partial charge in [-0.1, -0.05) is 5.92 Å². The molecule has 1 atom stereocenters. The molecule has 5 nitrogen and oxygen atoms in total. The summed E-state index contributed by atoms with van der Waals surface area (Å²) in [4.78, 5) is 15.0. The standard InChI is InChI=1S/C17H18N4O/c1-2-11-3-4-13-14(9-11)19-20-16(13)17(22)18-15-10-21-7-5-12(15)6-8-21/h1,3-4,9,12,15H,5-8,10H2,(H,18,22)(H,19,20)/t15-/m1/s1. The van der Waals surface area contributed by atoms with Crippen molar-refractivity contribution in [3.05, 3.63) is 29.5 Å². The summed E-state index contributed by atoms with van der Waals surface area (Å²) < 4.78 is 0. The third-order valence-corrected chi connectivity index (χ3v) is 4.92. The Hall–Kier alpha value is -2.32. The summed E-state index contributed by atoms with van der Waals surface area (Å²) in [6.45, 7) is 3.29.